The van der Waals surface area contributed by atoms with Crippen LogP contribution in [0.5, 0.6) is 0 Å². The Hall–Kier alpha value is -1.58. The Bertz CT molecular complexity index is 652. The van der Waals surface area contributed by atoms with E-state index in [-0.39, 0.29) is 0 Å². The lowest BCUT2D eigenvalue weighted by Crippen LogP contribution is -2.22. The molecule has 0 bridgehead atoms. The number of allylic oxidation sites excluding steroid dienone is 1. The van der Waals surface area contributed by atoms with Crippen LogP contribution in [0.2, 0.25) is 0 Å². The molecule has 1 heterocycles. The Labute approximate surface area is 127 Å². The van der Waals surface area contributed by atoms with E-state index in [1.54, 1.807) is 0 Å². The van der Waals surface area contributed by atoms with Crippen LogP contribution in [-0.2, 0) is 6.42 Å². The molecule has 1 aromatic carbocycles. The summed E-state index contributed by atoms with van der Waals surface area (Å²) in [4.78, 5) is 2.24. The Kier molecular flexibility index (Phi) is 4.13. The van der Waals surface area contributed by atoms with E-state index < -0.39 is 0 Å². The molecule has 112 valence electrons. The van der Waals surface area contributed by atoms with Crippen LogP contribution in [-0.4, -0.2) is 36.1 Å². The zero-order chi connectivity index (χ0) is 14.8. The number of fused-ring (bicyclic) bond motifs is 1. The molecule has 0 fully saturated rings. The molecule has 0 spiro atoms. The van der Waals surface area contributed by atoms with E-state index in [9.17, 15) is 0 Å². The lowest BCUT2D eigenvalue weighted by atomic mass is 10.00. The maximum atomic E-state index is 6.01. The molecule has 21 heavy (non-hydrogen) atoms. The third-order valence-corrected chi connectivity index (χ3v) is 4.36. The fourth-order valence-electron chi connectivity index (χ4n) is 3.09. The standard InChI is InChI=1S/C18H25N3/c1-20(2)12-11-14-13-21(16-9-7-15(19)8-10-16)18-6-4-3-5-17(14)18/h3-6,9,13,15H,7-8,10-12,19H2,1-2H3/t15-/m1/s1. The van der Waals surface area contributed by atoms with Gasteiger partial charge >= 0.3 is 0 Å². The molecule has 0 saturated heterocycles. The highest BCUT2D eigenvalue weighted by molar-refractivity contribution is 5.87. The van der Waals surface area contributed by atoms with E-state index in [0.717, 1.165) is 32.2 Å². The summed E-state index contributed by atoms with van der Waals surface area (Å²) in [6.45, 7) is 1.08. The zero-order valence-corrected chi connectivity index (χ0v) is 13.0. The van der Waals surface area contributed by atoms with Crippen molar-refractivity contribution in [2.75, 3.05) is 20.6 Å². The highest BCUT2D eigenvalue weighted by atomic mass is 15.0. The van der Waals surface area contributed by atoms with Crippen molar-refractivity contribution in [1.82, 2.24) is 9.47 Å². The normalized spacial score (nSPS) is 19.2. The third kappa shape index (κ3) is 3.04. The lowest BCUT2D eigenvalue weighted by molar-refractivity contribution is 0.414. The van der Waals surface area contributed by atoms with Gasteiger partial charge in [0.1, 0.15) is 0 Å². The quantitative estimate of drug-likeness (QED) is 0.935. The number of nitrogens with two attached hydrogens (primary N) is 1. The van der Waals surface area contributed by atoms with Crippen LogP contribution in [0.3, 0.4) is 0 Å². The van der Waals surface area contributed by atoms with E-state index in [1.807, 2.05) is 0 Å². The summed E-state index contributed by atoms with van der Waals surface area (Å²) >= 11 is 0. The average molecular weight is 283 g/mol. The van der Waals surface area contributed by atoms with Gasteiger partial charge in [-0.1, -0.05) is 24.3 Å². The summed E-state index contributed by atoms with van der Waals surface area (Å²) < 4.78 is 2.38. The Morgan fingerprint density at radius 1 is 1.29 bits per heavy atom. The fraction of sp³-hybridized carbons (Fsp3) is 0.444. The summed E-state index contributed by atoms with van der Waals surface area (Å²) in [5.41, 5.74) is 10.2. The van der Waals surface area contributed by atoms with Gasteiger partial charge in [-0.3, -0.25) is 0 Å². The van der Waals surface area contributed by atoms with E-state index >= 15 is 0 Å². The van der Waals surface area contributed by atoms with Crippen molar-refractivity contribution in [3.05, 3.63) is 42.1 Å². The lowest BCUT2D eigenvalue weighted by Gasteiger charge is -2.19. The molecule has 3 heteroatoms. The van der Waals surface area contributed by atoms with Gasteiger partial charge in [0, 0.05) is 29.9 Å². The molecule has 1 aliphatic carbocycles. The number of nitrogens with zero attached hydrogens (tertiary/aromatic N) is 2. The highest BCUT2D eigenvalue weighted by Gasteiger charge is 2.15. The number of para-hydroxylation sites is 1. The van der Waals surface area contributed by atoms with Crippen LogP contribution in [0.1, 0.15) is 24.8 Å². The van der Waals surface area contributed by atoms with Crippen molar-refractivity contribution in [3.8, 4) is 0 Å². The number of rotatable bonds is 4. The van der Waals surface area contributed by atoms with Crippen LogP contribution < -0.4 is 5.73 Å². The first-order valence-electron chi connectivity index (χ1n) is 7.84. The molecule has 0 radical (unpaired) electrons. The van der Waals surface area contributed by atoms with Gasteiger partial charge in [0.05, 0.1) is 5.52 Å². The highest BCUT2D eigenvalue weighted by Crippen LogP contribution is 2.29. The van der Waals surface area contributed by atoms with Crippen molar-refractivity contribution in [2.45, 2.75) is 31.7 Å². The van der Waals surface area contributed by atoms with Crippen LogP contribution in [0, 0.1) is 0 Å². The molecule has 1 aromatic heterocycles. The number of likely N-dealkylation sites (N-methyl/N-ethyl adjacent to an activating group) is 1. The molecular weight excluding hydrogens is 258 g/mol. The first kappa shape index (κ1) is 14.4. The Morgan fingerprint density at radius 3 is 2.81 bits per heavy atom. The van der Waals surface area contributed by atoms with Gasteiger partial charge in [-0.2, -0.15) is 0 Å². The molecular formula is C18H25N3. The van der Waals surface area contributed by atoms with E-state index in [4.69, 9.17) is 5.73 Å². The molecule has 2 N–H and O–H groups in total. The molecule has 0 unspecified atom stereocenters. The van der Waals surface area contributed by atoms with Gasteiger partial charge in [0.2, 0.25) is 0 Å². The van der Waals surface area contributed by atoms with Gasteiger partial charge in [-0.05, 0) is 51.4 Å². The zero-order valence-electron chi connectivity index (χ0n) is 13.0. The third-order valence-electron chi connectivity index (χ3n) is 4.36. The molecule has 0 amide bonds. The molecule has 3 nitrogen and oxygen atoms in total. The fourth-order valence-corrected chi connectivity index (χ4v) is 3.09. The summed E-state index contributed by atoms with van der Waals surface area (Å²) in [6, 6.07) is 9.07. The second-order valence-electron chi connectivity index (χ2n) is 6.32. The predicted molar refractivity (Wildman–Crippen MR) is 90.3 cm³/mol. The predicted octanol–water partition coefficient (Wildman–Crippen LogP) is 3.10. The number of hydrogen-bond donors (Lipinski definition) is 1. The van der Waals surface area contributed by atoms with Crippen LogP contribution in [0.15, 0.2) is 36.5 Å². The topological polar surface area (TPSA) is 34.2 Å². The minimum atomic E-state index is 0.337. The number of benzene rings is 1. The minimum absolute atomic E-state index is 0.337. The van der Waals surface area contributed by atoms with Gasteiger partial charge in [0.15, 0.2) is 0 Å². The van der Waals surface area contributed by atoms with E-state index in [2.05, 4.69) is 60.1 Å². The van der Waals surface area contributed by atoms with Gasteiger partial charge in [-0.15, -0.1) is 0 Å². The maximum Gasteiger partial charge on any atom is 0.0527 e. The van der Waals surface area contributed by atoms with E-state index in [1.165, 1.54) is 22.2 Å². The van der Waals surface area contributed by atoms with Crippen molar-refractivity contribution in [2.24, 2.45) is 5.73 Å². The first-order chi connectivity index (χ1) is 10.1. The second-order valence-corrected chi connectivity index (χ2v) is 6.32. The van der Waals surface area contributed by atoms with Crippen molar-refractivity contribution < 1.29 is 0 Å². The average Bonchev–Trinajstić information content (AvgIpc) is 2.85. The van der Waals surface area contributed by atoms with E-state index in [0.29, 0.717) is 6.04 Å². The van der Waals surface area contributed by atoms with Crippen LogP contribution >= 0.6 is 0 Å². The van der Waals surface area contributed by atoms with Crippen molar-refractivity contribution in [1.29, 1.82) is 0 Å². The summed E-state index contributed by atoms with van der Waals surface area (Å²) in [5, 5.41) is 1.38. The summed E-state index contributed by atoms with van der Waals surface area (Å²) in [7, 11) is 4.26. The van der Waals surface area contributed by atoms with Gasteiger partial charge in [0.25, 0.3) is 0 Å². The van der Waals surface area contributed by atoms with Crippen LogP contribution in [0.25, 0.3) is 16.6 Å². The summed E-state index contributed by atoms with van der Waals surface area (Å²) in [5.74, 6) is 0. The number of hydrogen-bond acceptors (Lipinski definition) is 2. The summed E-state index contributed by atoms with van der Waals surface area (Å²) in [6.07, 6.45) is 8.90. The molecule has 1 aliphatic rings. The molecule has 0 saturated carbocycles. The second kappa shape index (κ2) is 6.04. The van der Waals surface area contributed by atoms with Gasteiger partial charge < -0.3 is 15.2 Å². The molecule has 0 aliphatic heterocycles. The molecule has 2 aromatic rings. The maximum absolute atomic E-state index is 6.01. The molecule has 1 atom stereocenters. The minimum Gasteiger partial charge on any atom is -0.327 e. The smallest absolute Gasteiger partial charge is 0.0527 e. The largest absolute Gasteiger partial charge is 0.327 e. The molecule has 3 rings (SSSR count). The van der Waals surface area contributed by atoms with Crippen molar-refractivity contribution >= 4 is 16.6 Å². The van der Waals surface area contributed by atoms with Gasteiger partial charge in [-0.25, -0.2) is 0 Å². The monoisotopic (exact) mass is 283 g/mol. The first-order valence-corrected chi connectivity index (χ1v) is 7.84. The number of aromatic nitrogens is 1. The Balaban J connectivity index is 1.99. The van der Waals surface area contributed by atoms with Crippen molar-refractivity contribution in [3.63, 3.8) is 0 Å². The van der Waals surface area contributed by atoms with Crippen LogP contribution in [0.4, 0.5) is 0 Å². The Morgan fingerprint density at radius 2 is 2.10 bits per heavy atom. The SMILES string of the molecule is CN(C)CCc1cn(C2=CC[C@@H](N)CC2)c2ccccc12.